The zero-order valence-electron chi connectivity index (χ0n) is 17.0. The van der Waals surface area contributed by atoms with Crippen molar-refractivity contribution in [1.29, 1.82) is 0 Å². The van der Waals surface area contributed by atoms with Crippen LogP contribution in [0.25, 0.3) is 6.08 Å². The molecule has 0 aromatic heterocycles. The molecule has 0 saturated carbocycles. The lowest BCUT2D eigenvalue weighted by Crippen LogP contribution is -2.40. The van der Waals surface area contributed by atoms with Crippen molar-refractivity contribution in [2.24, 2.45) is 0 Å². The summed E-state index contributed by atoms with van der Waals surface area (Å²) in [6.07, 6.45) is 2.82. The lowest BCUT2D eigenvalue weighted by atomic mass is 10.1. The number of benzene rings is 2. The smallest absolute Gasteiger partial charge is 0.337 e. The van der Waals surface area contributed by atoms with Crippen LogP contribution in [0.1, 0.15) is 21.5 Å². The van der Waals surface area contributed by atoms with Gasteiger partial charge in [-0.3, -0.25) is 0 Å². The minimum absolute atomic E-state index is 0.0569. The van der Waals surface area contributed by atoms with Crippen LogP contribution < -0.4 is 0 Å². The quantitative estimate of drug-likeness (QED) is 0.476. The Kier molecular flexibility index (Phi) is 7.56. The molecule has 0 amide bonds. The Balaban J connectivity index is 1.54. The van der Waals surface area contributed by atoms with Crippen LogP contribution in [0.2, 0.25) is 0 Å². The van der Waals surface area contributed by atoms with Crippen LogP contribution in [0, 0.1) is 0 Å². The van der Waals surface area contributed by atoms with Crippen molar-refractivity contribution in [3.8, 4) is 0 Å². The molecule has 31 heavy (non-hydrogen) atoms. The first-order valence-electron chi connectivity index (χ1n) is 9.60. The highest BCUT2D eigenvalue weighted by atomic mass is 32.2. The Morgan fingerprint density at radius 1 is 1.03 bits per heavy atom. The number of hydrogen-bond acceptors (Lipinski definition) is 7. The Morgan fingerprint density at radius 3 is 2.29 bits per heavy atom. The number of nitrogens with zero attached hydrogens (tertiary/aromatic N) is 1. The highest BCUT2D eigenvalue weighted by molar-refractivity contribution is 7.89. The van der Waals surface area contributed by atoms with Gasteiger partial charge in [0.2, 0.25) is 10.0 Å². The van der Waals surface area contributed by atoms with Gasteiger partial charge in [-0.1, -0.05) is 24.3 Å². The van der Waals surface area contributed by atoms with E-state index in [9.17, 15) is 18.0 Å². The third-order valence-corrected chi connectivity index (χ3v) is 6.57. The van der Waals surface area contributed by atoms with Crippen molar-refractivity contribution in [3.05, 3.63) is 71.3 Å². The molecule has 2 aromatic rings. The van der Waals surface area contributed by atoms with Crippen LogP contribution in [-0.2, 0) is 35.6 Å². The summed E-state index contributed by atoms with van der Waals surface area (Å²) in [5.41, 5.74) is 1.81. The maximum absolute atomic E-state index is 12.6. The Bertz CT molecular complexity index is 1040. The molecule has 1 saturated heterocycles. The molecule has 2 aromatic carbocycles. The number of sulfonamides is 1. The predicted molar refractivity (Wildman–Crippen MR) is 113 cm³/mol. The number of esters is 2. The Labute approximate surface area is 181 Å². The third-order valence-electron chi connectivity index (χ3n) is 4.66. The molecule has 0 radical (unpaired) electrons. The summed E-state index contributed by atoms with van der Waals surface area (Å²) >= 11 is 0. The summed E-state index contributed by atoms with van der Waals surface area (Å²) < 4.78 is 41.6. The minimum atomic E-state index is -3.55. The Morgan fingerprint density at radius 2 is 1.68 bits per heavy atom. The van der Waals surface area contributed by atoms with E-state index in [0.29, 0.717) is 37.4 Å². The first-order valence-corrected chi connectivity index (χ1v) is 11.0. The van der Waals surface area contributed by atoms with Crippen molar-refractivity contribution in [2.45, 2.75) is 11.5 Å². The molecule has 1 aliphatic rings. The van der Waals surface area contributed by atoms with Gasteiger partial charge in [0.25, 0.3) is 0 Å². The van der Waals surface area contributed by atoms with Gasteiger partial charge < -0.3 is 14.2 Å². The number of carbonyl (C=O) groups excluding carboxylic acids is 2. The van der Waals surface area contributed by atoms with Gasteiger partial charge in [0, 0.05) is 19.2 Å². The summed E-state index contributed by atoms with van der Waals surface area (Å²) in [6, 6.07) is 12.8. The van der Waals surface area contributed by atoms with E-state index in [0.717, 1.165) is 5.56 Å². The largest absolute Gasteiger partial charge is 0.465 e. The fraction of sp³-hybridized carbons (Fsp3) is 0.273. The fourth-order valence-electron chi connectivity index (χ4n) is 2.91. The first kappa shape index (κ1) is 22.7. The van der Waals surface area contributed by atoms with Crippen LogP contribution in [0.3, 0.4) is 0 Å². The number of ether oxygens (including phenoxy) is 3. The molecule has 0 aliphatic carbocycles. The highest BCUT2D eigenvalue weighted by Gasteiger charge is 2.25. The molecule has 0 bridgehead atoms. The van der Waals surface area contributed by atoms with Gasteiger partial charge in [0.1, 0.15) is 6.61 Å². The lowest BCUT2D eigenvalue weighted by molar-refractivity contribution is -0.138. The number of morpholine rings is 1. The molecule has 164 valence electrons. The van der Waals surface area contributed by atoms with Crippen molar-refractivity contribution in [1.82, 2.24) is 4.31 Å². The highest BCUT2D eigenvalue weighted by Crippen LogP contribution is 2.18. The normalized spacial score (nSPS) is 15.0. The molecule has 3 rings (SSSR count). The molecule has 1 aliphatic heterocycles. The van der Waals surface area contributed by atoms with Crippen molar-refractivity contribution in [2.75, 3.05) is 33.4 Å². The average Bonchev–Trinajstić information content (AvgIpc) is 2.82. The molecule has 0 atom stereocenters. The molecule has 0 unspecified atom stereocenters. The van der Waals surface area contributed by atoms with Crippen LogP contribution in [-0.4, -0.2) is 58.1 Å². The fourth-order valence-corrected chi connectivity index (χ4v) is 4.32. The number of rotatable bonds is 7. The molecular weight excluding hydrogens is 422 g/mol. The summed E-state index contributed by atoms with van der Waals surface area (Å²) in [7, 11) is -2.24. The maximum atomic E-state index is 12.6. The van der Waals surface area contributed by atoms with E-state index in [4.69, 9.17) is 9.47 Å². The summed E-state index contributed by atoms with van der Waals surface area (Å²) in [5, 5.41) is 0. The van der Waals surface area contributed by atoms with Gasteiger partial charge in [-0.2, -0.15) is 4.31 Å². The van der Waals surface area contributed by atoms with E-state index in [1.54, 1.807) is 42.5 Å². The molecule has 9 heteroatoms. The zero-order valence-corrected chi connectivity index (χ0v) is 17.8. The topological polar surface area (TPSA) is 99.2 Å². The van der Waals surface area contributed by atoms with E-state index < -0.39 is 22.0 Å². The van der Waals surface area contributed by atoms with E-state index in [-0.39, 0.29) is 11.5 Å². The molecule has 1 fully saturated rings. The van der Waals surface area contributed by atoms with Crippen LogP contribution in [0.4, 0.5) is 0 Å². The molecule has 0 spiro atoms. The van der Waals surface area contributed by atoms with Gasteiger partial charge in [-0.05, 0) is 41.5 Å². The van der Waals surface area contributed by atoms with E-state index in [1.807, 2.05) is 0 Å². The molecule has 8 nitrogen and oxygen atoms in total. The molecule has 1 heterocycles. The number of hydrogen-bond donors (Lipinski definition) is 0. The SMILES string of the molecule is COC(=O)c1ccc(COC(=O)C=Cc2ccc(S(=O)(=O)N3CCOCC3)cc2)cc1. The third kappa shape index (κ3) is 6.00. The average molecular weight is 445 g/mol. The van der Waals surface area contributed by atoms with Gasteiger partial charge in [0.05, 0.1) is 30.8 Å². The summed E-state index contributed by atoms with van der Waals surface area (Å²) in [5.74, 6) is -0.975. The van der Waals surface area contributed by atoms with Gasteiger partial charge >= 0.3 is 11.9 Å². The van der Waals surface area contributed by atoms with E-state index >= 15 is 0 Å². The monoisotopic (exact) mass is 445 g/mol. The minimum Gasteiger partial charge on any atom is -0.465 e. The van der Waals surface area contributed by atoms with Crippen molar-refractivity contribution >= 4 is 28.0 Å². The number of methoxy groups -OCH3 is 1. The molecule has 0 N–H and O–H groups in total. The van der Waals surface area contributed by atoms with Crippen molar-refractivity contribution in [3.63, 3.8) is 0 Å². The second-order valence-electron chi connectivity index (χ2n) is 6.72. The van der Waals surface area contributed by atoms with Crippen LogP contribution in [0.15, 0.2) is 59.5 Å². The first-order chi connectivity index (χ1) is 14.9. The lowest BCUT2D eigenvalue weighted by Gasteiger charge is -2.26. The van der Waals surface area contributed by atoms with Crippen molar-refractivity contribution < 1.29 is 32.2 Å². The van der Waals surface area contributed by atoms with Gasteiger partial charge in [-0.15, -0.1) is 0 Å². The van der Waals surface area contributed by atoms with E-state index in [2.05, 4.69) is 4.74 Å². The summed E-state index contributed by atoms with van der Waals surface area (Å²) in [6.45, 7) is 1.50. The Hall–Kier alpha value is -3.01. The summed E-state index contributed by atoms with van der Waals surface area (Å²) in [4.78, 5) is 23.6. The maximum Gasteiger partial charge on any atom is 0.337 e. The number of carbonyl (C=O) groups is 2. The van der Waals surface area contributed by atoms with Gasteiger partial charge in [-0.25, -0.2) is 18.0 Å². The second kappa shape index (κ2) is 10.3. The van der Waals surface area contributed by atoms with Crippen LogP contribution in [0.5, 0.6) is 0 Å². The van der Waals surface area contributed by atoms with Gasteiger partial charge in [0.15, 0.2) is 0 Å². The van der Waals surface area contributed by atoms with Crippen LogP contribution >= 0.6 is 0 Å². The molecular formula is C22H23NO7S. The standard InChI is InChI=1S/C22H23NO7S/c1-28-22(25)19-7-2-18(3-8-19)16-30-21(24)11-6-17-4-9-20(10-5-17)31(26,27)23-12-14-29-15-13-23/h2-11H,12-16H2,1H3. The zero-order chi connectivity index (χ0) is 22.3. The second-order valence-corrected chi connectivity index (χ2v) is 8.65. The van der Waals surface area contributed by atoms with E-state index in [1.165, 1.54) is 29.6 Å². The predicted octanol–water partition coefficient (Wildman–Crippen LogP) is 2.25.